The minimum atomic E-state index is 0.575. The number of anilines is 1. The van der Waals surface area contributed by atoms with E-state index < -0.39 is 0 Å². The van der Waals surface area contributed by atoms with E-state index in [-0.39, 0.29) is 0 Å². The van der Waals surface area contributed by atoms with Gasteiger partial charge in [-0.2, -0.15) is 5.26 Å². The molecule has 2 rings (SSSR count). The van der Waals surface area contributed by atoms with Gasteiger partial charge in [0.05, 0.1) is 17.8 Å². The van der Waals surface area contributed by atoms with Crippen LogP contribution in [-0.2, 0) is 13.0 Å². The molecule has 2 aromatic rings. The largest absolute Gasteiger partial charge is 0.464 e. The first-order chi connectivity index (χ1) is 8.72. The molecule has 1 N–H and O–H groups in total. The van der Waals surface area contributed by atoms with E-state index in [1.165, 1.54) is 0 Å². The highest BCUT2D eigenvalue weighted by Crippen LogP contribution is 2.21. The molecule has 1 aromatic heterocycles. The predicted molar refractivity (Wildman–Crippen MR) is 74.3 cm³/mol. The van der Waals surface area contributed by atoms with Crippen LogP contribution in [0, 0.1) is 11.3 Å². The van der Waals surface area contributed by atoms with Crippen molar-refractivity contribution >= 4 is 21.6 Å². The molecule has 18 heavy (non-hydrogen) atoms. The number of rotatable bonds is 4. The summed E-state index contributed by atoms with van der Waals surface area (Å²) in [5, 5.41) is 12.2. The minimum Gasteiger partial charge on any atom is -0.464 e. The van der Waals surface area contributed by atoms with Crippen LogP contribution < -0.4 is 5.32 Å². The number of nitriles is 1. The van der Waals surface area contributed by atoms with E-state index in [1.807, 2.05) is 24.3 Å². The summed E-state index contributed by atoms with van der Waals surface area (Å²) in [6.45, 7) is 2.63. The standard InChI is InChI=1S/C14H13BrN2O/c1-2-12-5-6-13(18-12)9-17-14-7-11(15)4-3-10(14)8-16/h3-7,17H,2,9H2,1H3. The second-order valence-electron chi connectivity index (χ2n) is 3.88. The van der Waals surface area contributed by atoms with Crippen molar-refractivity contribution in [3.63, 3.8) is 0 Å². The molecule has 1 aromatic carbocycles. The van der Waals surface area contributed by atoms with Gasteiger partial charge in [0.25, 0.3) is 0 Å². The molecule has 4 heteroatoms. The lowest BCUT2D eigenvalue weighted by Gasteiger charge is -2.07. The van der Waals surface area contributed by atoms with Crippen molar-refractivity contribution < 1.29 is 4.42 Å². The fraction of sp³-hybridized carbons (Fsp3) is 0.214. The summed E-state index contributed by atoms with van der Waals surface area (Å²) in [4.78, 5) is 0. The van der Waals surface area contributed by atoms with Crippen LogP contribution in [0.1, 0.15) is 24.0 Å². The van der Waals surface area contributed by atoms with Crippen molar-refractivity contribution in [2.45, 2.75) is 19.9 Å². The maximum absolute atomic E-state index is 9.02. The van der Waals surface area contributed by atoms with Crippen molar-refractivity contribution in [1.29, 1.82) is 5.26 Å². The maximum atomic E-state index is 9.02. The van der Waals surface area contributed by atoms with Gasteiger partial charge in [-0.3, -0.25) is 0 Å². The number of halogens is 1. The van der Waals surface area contributed by atoms with E-state index in [1.54, 1.807) is 6.07 Å². The average molecular weight is 305 g/mol. The Hall–Kier alpha value is -1.73. The molecule has 0 saturated heterocycles. The Morgan fingerprint density at radius 3 is 2.72 bits per heavy atom. The Morgan fingerprint density at radius 1 is 1.28 bits per heavy atom. The quantitative estimate of drug-likeness (QED) is 0.925. The molecular weight excluding hydrogens is 292 g/mol. The Labute approximate surface area is 115 Å². The number of nitrogens with zero attached hydrogens (tertiary/aromatic N) is 1. The maximum Gasteiger partial charge on any atom is 0.123 e. The molecule has 0 radical (unpaired) electrons. The highest BCUT2D eigenvalue weighted by atomic mass is 79.9. The van der Waals surface area contributed by atoms with E-state index in [2.05, 4.69) is 34.2 Å². The number of hydrogen-bond donors (Lipinski definition) is 1. The van der Waals surface area contributed by atoms with E-state index in [0.717, 1.165) is 28.1 Å². The summed E-state index contributed by atoms with van der Waals surface area (Å²) in [7, 11) is 0. The molecule has 0 fully saturated rings. The van der Waals surface area contributed by atoms with Crippen LogP contribution in [0.2, 0.25) is 0 Å². The van der Waals surface area contributed by atoms with Gasteiger partial charge in [0.1, 0.15) is 17.6 Å². The van der Waals surface area contributed by atoms with Gasteiger partial charge in [-0.25, -0.2) is 0 Å². The lowest BCUT2D eigenvalue weighted by Crippen LogP contribution is -2.00. The average Bonchev–Trinajstić information content (AvgIpc) is 2.84. The molecule has 0 amide bonds. The minimum absolute atomic E-state index is 0.575. The SMILES string of the molecule is CCc1ccc(CNc2cc(Br)ccc2C#N)o1. The molecule has 0 unspecified atom stereocenters. The molecule has 0 saturated carbocycles. The molecule has 0 aliphatic heterocycles. The lowest BCUT2D eigenvalue weighted by atomic mass is 10.2. The van der Waals surface area contributed by atoms with Crippen molar-refractivity contribution in [2.24, 2.45) is 0 Å². The van der Waals surface area contributed by atoms with E-state index in [9.17, 15) is 0 Å². The molecule has 0 spiro atoms. The summed E-state index contributed by atoms with van der Waals surface area (Å²) >= 11 is 3.39. The van der Waals surface area contributed by atoms with E-state index in [0.29, 0.717) is 12.1 Å². The number of benzene rings is 1. The molecular formula is C14H13BrN2O. The normalized spacial score (nSPS) is 10.1. The predicted octanol–water partition coefficient (Wildman–Crippen LogP) is 4.09. The first-order valence-corrected chi connectivity index (χ1v) is 6.53. The smallest absolute Gasteiger partial charge is 0.123 e. The molecule has 1 heterocycles. The van der Waals surface area contributed by atoms with Crippen molar-refractivity contribution in [3.05, 3.63) is 51.9 Å². The number of hydrogen-bond acceptors (Lipinski definition) is 3. The first-order valence-electron chi connectivity index (χ1n) is 5.74. The van der Waals surface area contributed by atoms with Gasteiger partial charge in [-0.15, -0.1) is 0 Å². The van der Waals surface area contributed by atoms with Gasteiger partial charge in [0, 0.05) is 10.9 Å². The van der Waals surface area contributed by atoms with Crippen LogP contribution in [0.5, 0.6) is 0 Å². The molecule has 92 valence electrons. The summed E-state index contributed by atoms with van der Waals surface area (Å²) in [6, 6.07) is 11.6. The summed E-state index contributed by atoms with van der Waals surface area (Å²) in [5.74, 6) is 1.84. The highest BCUT2D eigenvalue weighted by Gasteiger charge is 2.04. The monoisotopic (exact) mass is 304 g/mol. The van der Waals surface area contributed by atoms with Crippen LogP contribution >= 0.6 is 15.9 Å². The molecule has 0 aliphatic rings. The van der Waals surface area contributed by atoms with Gasteiger partial charge >= 0.3 is 0 Å². The molecule has 0 aliphatic carbocycles. The van der Waals surface area contributed by atoms with Crippen molar-refractivity contribution in [1.82, 2.24) is 0 Å². The summed E-state index contributed by atoms with van der Waals surface area (Å²) in [5.41, 5.74) is 1.43. The Kier molecular flexibility index (Phi) is 4.06. The third-order valence-corrected chi connectivity index (χ3v) is 3.11. The Morgan fingerprint density at radius 2 is 2.06 bits per heavy atom. The van der Waals surface area contributed by atoms with E-state index >= 15 is 0 Å². The van der Waals surface area contributed by atoms with Crippen LogP contribution in [-0.4, -0.2) is 0 Å². The van der Waals surface area contributed by atoms with Crippen LogP contribution in [0.25, 0.3) is 0 Å². The van der Waals surface area contributed by atoms with Crippen molar-refractivity contribution in [3.8, 4) is 6.07 Å². The number of nitrogens with one attached hydrogen (secondary N) is 1. The number of furan rings is 1. The Balaban J connectivity index is 2.10. The Bertz CT molecular complexity index is 584. The van der Waals surface area contributed by atoms with Gasteiger partial charge in [0.15, 0.2) is 0 Å². The zero-order valence-electron chi connectivity index (χ0n) is 10.0. The topological polar surface area (TPSA) is 49.0 Å². The van der Waals surface area contributed by atoms with E-state index in [4.69, 9.17) is 9.68 Å². The fourth-order valence-electron chi connectivity index (χ4n) is 1.65. The van der Waals surface area contributed by atoms with Crippen LogP contribution in [0.4, 0.5) is 5.69 Å². The molecule has 0 atom stereocenters. The third kappa shape index (κ3) is 2.93. The first kappa shape index (κ1) is 12.7. The fourth-order valence-corrected chi connectivity index (χ4v) is 2.01. The zero-order valence-corrected chi connectivity index (χ0v) is 11.6. The van der Waals surface area contributed by atoms with Crippen molar-refractivity contribution in [2.75, 3.05) is 5.32 Å². The number of aryl methyl sites for hydroxylation is 1. The van der Waals surface area contributed by atoms with Gasteiger partial charge in [0.2, 0.25) is 0 Å². The summed E-state index contributed by atoms with van der Waals surface area (Å²) in [6.07, 6.45) is 0.889. The lowest BCUT2D eigenvalue weighted by molar-refractivity contribution is 0.476. The summed E-state index contributed by atoms with van der Waals surface area (Å²) < 4.78 is 6.54. The van der Waals surface area contributed by atoms with Crippen LogP contribution in [0.3, 0.4) is 0 Å². The second-order valence-corrected chi connectivity index (χ2v) is 4.79. The highest BCUT2D eigenvalue weighted by molar-refractivity contribution is 9.10. The van der Waals surface area contributed by atoms with Gasteiger partial charge < -0.3 is 9.73 Å². The second kappa shape index (κ2) is 5.74. The zero-order chi connectivity index (χ0) is 13.0. The third-order valence-electron chi connectivity index (χ3n) is 2.62. The van der Waals surface area contributed by atoms with Gasteiger partial charge in [-0.1, -0.05) is 22.9 Å². The van der Waals surface area contributed by atoms with Crippen LogP contribution in [0.15, 0.2) is 39.2 Å². The molecule has 0 bridgehead atoms. The molecule has 3 nitrogen and oxygen atoms in total. The van der Waals surface area contributed by atoms with Gasteiger partial charge in [-0.05, 0) is 30.3 Å².